The first kappa shape index (κ1) is 14.2. The lowest BCUT2D eigenvalue weighted by Gasteiger charge is -2.30. The maximum absolute atomic E-state index is 10.8. The Morgan fingerprint density at radius 1 is 1.43 bits per heavy atom. The van der Waals surface area contributed by atoms with E-state index in [0.717, 1.165) is 29.9 Å². The quantitative estimate of drug-likeness (QED) is 0.809. The number of imidazole rings is 1. The minimum Gasteiger partial charge on any atom is -0.481 e. The van der Waals surface area contributed by atoms with Crippen molar-refractivity contribution in [2.75, 3.05) is 37.1 Å². The number of hydrogen-bond donors (Lipinski definition) is 1. The molecule has 0 atom stereocenters. The summed E-state index contributed by atoms with van der Waals surface area (Å²) in [6, 6.07) is 0. The fourth-order valence-electron chi connectivity index (χ4n) is 2.47. The average Bonchev–Trinajstić information content (AvgIpc) is 2.96. The lowest BCUT2D eigenvalue weighted by Crippen LogP contribution is -2.44. The number of aromatic nitrogens is 4. The zero-order chi connectivity index (χ0) is 15.0. The Labute approximate surface area is 125 Å². The Bertz CT molecular complexity index is 674. The third-order valence-corrected chi connectivity index (χ3v) is 4.26. The molecule has 2 aromatic rings. The largest absolute Gasteiger partial charge is 0.481 e. The first-order chi connectivity index (χ1) is 10.1. The highest BCUT2D eigenvalue weighted by atomic mass is 32.2. The number of rotatable bonds is 4. The van der Waals surface area contributed by atoms with Crippen LogP contribution in [0.2, 0.25) is 0 Å². The SMILES string of the molecule is Cc1nn(C)c2c1nc(SCC(=O)O)n2N1CCOCC1. The van der Waals surface area contributed by atoms with Gasteiger partial charge >= 0.3 is 5.97 Å². The van der Waals surface area contributed by atoms with Crippen LogP contribution in [0, 0.1) is 6.92 Å². The van der Waals surface area contributed by atoms with E-state index in [9.17, 15) is 4.79 Å². The Balaban J connectivity index is 2.07. The summed E-state index contributed by atoms with van der Waals surface area (Å²) in [6.45, 7) is 4.70. The van der Waals surface area contributed by atoms with Crippen molar-refractivity contribution in [3.05, 3.63) is 5.69 Å². The zero-order valence-electron chi connectivity index (χ0n) is 11.9. The third-order valence-electron chi connectivity index (χ3n) is 3.35. The number of aryl methyl sites for hydroxylation is 2. The molecule has 0 bridgehead atoms. The van der Waals surface area contributed by atoms with Gasteiger partial charge in [0, 0.05) is 7.05 Å². The lowest BCUT2D eigenvalue weighted by molar-refractivity contribution is -0.133. The number of hydrogen-bond acceptors (Lipinski definition) is 6. The summed E-state index contributed by atoms with van der Waals surface area (Å²) < 4.78 is 9.15. The summed E-state index contributed by atoms with van der Waals surface area (Å²) in [4.78, 5) is 15.4. The standard InChI is InChI=1S/C12H17N5O3S/c1-8-10-11(15(2)14-8)17(16-3-5-20-6-4-16)12(13-10)21-7-9(18)19/h3-7H2,1-2H3,(H,18,19). The maximum atomic E-state index is 10.8. The fourth-order valence-corrected chi connectivity index (χ4v) is 3.20. The van der Waals surface area contributed by atoms with Gasteiger partial charge in [-0.3, -0.25) is 4.79 Å². The van der Waals surface area contributed by atoms with Crippen molar-refractivity contribution in [1.29, 1.82) is 0 Å². The highest BCUT2D eigenvalue weighted by molar-refractivity contribution is 7.99. The second-order valence-corrected chi connectivity index (χ2v) is 5.78. The highest BCUT2D eigenvalue weighted by Crippen LogP contribution is 2.26. The van der Waals surface area contributed by atoms with E-state index in [4.69, 9.17) is 9.84 Å². The monoisotopic (exact) mass is 311 g/mol. The van der Waals surface area contributed by atoms with E-state index in [1.165, 1.54) is 11.8 Å². The van der Waals surface area contributed by atoms with Gasteiger partial charge in [-0.05, 0) is 6.92 Å². The molecule has 0 spiro atoms. The van der Waals surface area contributed by atoms with Gasteiger partial charge in [0.2, 0.25) is 0 Å². The van der Waals surface area contributed by atoms with Crippen LogP contribution in [-0.2, 0) is 16.6 Å². The first-order valence-electron chi connectivity index (χ1n) is 6.67. The highest BCUT2D eigenvalue weighted by Gasteiger charge is 2.23. The van der Waals surface area contributed by atoms with Crippen LogP contribution in [0.1, 0.15) is 5.69 Å². The van der Waals surface area contributed by atoms with E-state index in [0.29, 0.717) is 18.4 Å². The molecular weight excluding hydrogens is 294 g/mol. The molecule has 114 valence electrons. The van der Waals surface area contributed by atoms with Crippen molar-refractivity contribution >= 4 is 28.9 Å². The number of carboxylic acid groups (broad SMARTS) is 1. The van der Waals surface area contributed by atoms with Gasteiger partial charge in [0.25, 0.3) is 0 Å². The van der Waals surface area contributed by atoms with Crippen LogP contribution < -0.4 is 5.01 Å². The number of thioether (sulfide) groups is 1. The second kappa shape index (κ2) is 5.57. The van der Waals surface area contributed by atoms with Crippen LogP contribution in [0.3, 0.4) is 0 Å². The van der Waals surface area contributed by atoms with Crippen molar-refractivity contribution in [3.63, 3.8) is 0 Å². The molecule has 1 N–H and O–H groups in total. The predicted octanol–water partition coefficient (Wildman–Crippen LogP) is 0.223. The number of ether oxygens (including phenoxy) is 1. The van der Waals surface area contributed by atoms with E-state index in [2.05, 4.69) is 15.1 Å². The molecular formula is C12H17N5O3S. The average molecular weight is 311 g/mol. The minimum atomic E-state index is -0.851. The summed E-state index contributed by atoms with van der Waals surface area (Å²) in [7, 11) is 1.87. The van der Waals surface area contributed by atoms with Crippen LogP contribution >= 0.6 is 11.8 Å². The zero-order valence-corrected chi connectivity index (χ0v) is 12.8. The lowest BCUT2D eigenvalue weighted by atomic mass is 10.4. The first-order valence-corrected chi connectivity index (χ1v) is 7.66. The van der Waals surface area contributed by atoms with Crippen LogP contribution in [0.5, 0.6) is 0 Å². The normalized spacial score (nSPS) is 15.8. The summed E-state index contributed by atoms with van der Waals surface area (Å²) in [5.74, 6) is -0.865. The molecule has 0 saturated carbocycles. The number of nitrogens with zero attached hydrogens (tertiary/aromatic N) is 5. The van der Waals surface area contributed by atoms with Gasteiger partial charge < -0.3 is 14.9 Å². The maximum Gasteiger partial charge on any atom is 0.313 e. The Morgan fingerprint density at radius 3 is 2.81 bits per heavy atom. The number of carboxylic acids is 1. The van der Waals surface area contributed by atoms with Crippen molar-refractivity contribution in [1.82, 2.24) is 19.4 Å². The molecule has 1 saturated heterocycles. The Kier molecular flexibility index (Phi) is 3.77. The number of carbonyl (C=O) groups is 1. The summed E-state index contributed by atoms with van der Waals surface area (Å²) in [5, 5.41) is 16.1. The van der Waals surface area contributed by atoms with Crippen LogP contribution in [0.15, 0.2) is 5.16 Å². The molecule has 3 heterocycles. The van der Waals surface area contributed by atoms with Gasteiger partial charge in [-0.1, -0.05) is 11.8 Å². The molecule has 0 amide bonds. The van der Waals surface area contributed by atoms with E-state index in [-0.39, 0.29) is 5.75 Å². The molecule has 2 aromatic heterocycles. The molecule has 1 aliphatic heterocycles. The van der Waals surface area contributed by atoms with E-state index in [1.807, 2.05) is 18.6 Å². The van der Waals surface area contributed by atoms with Gasteiger partial charge in [-0.25, -0.2) is 14.3 Å². The van der Waals surface area contributed by atoms with E-state index < -0.39 is 5.97 Å². The van der Waals surface area contributed by atoms with Crippen molar-refractivity contribution in [2.24, 2.45) is 7.05 Å². The van der Waals surface area contributed by atoms with E-state index >= 15 is 0 Å². The fraction of sp³-hybridized carbons (Fsp3) is 0.583. The molecule has 0 aromatic carbocycles. The number of fused-ring (bicyclic) bond motifs is 1. The minimum absolute atomic E-state index is 0.0138. The number of morpholine rings is 1. The van der Waals surface area contributed by atoms with E-state index in [1.54, 1.807) is 4.68 Å². The van der Waals surface area contributed by atoms with Crippen LogP contribution in [-0.4, -0.2) is 62.6 Å². The van der Waals surface area contributed by atoms with Crippen molar-refractivity contribution < 1.29 is 14.6 Å². The molecule has 8 nitrogen and oxygen atoms in total. The Hall–Kier alpha value is -1.74. The van der Waals surface area contributed by atoms with Gasteiger partial charge in [0.1, 0.15) is 5.52 Å². The van der Waals surface area contributed by atoms with Crippen molar-refractivity contribution in [2.45, 2.75) is 12.1 Å². The molecule has 3 rings (SSSR count). The number of aliphatic carboxylic acids is 1. The smallest absolute Gasteiger partial charge is 0.313 e. The summed E-state index contributed by atoms with van der Waals surface area (Å²) in [6.07, 6.45) is 0. The summed E-state index contributed by atoms with van der Waals surface area (Å²) >= 11 is 1.23. The third kappa shape index (κ3) is 2.58. The molecule has 0 unspecified atom stereocenters. The Morgan fingerprint density at radius 2 is 2.14 bits per heavy atom. The molecule has 9 heteroatoms. The molecule has 0 radical (unpaired) electrons. The van der Waals surface area contributed by atoms with Gasteiger partial charge in [0.15, 0.2) is 10.8 Å². The second-order valence-electron chi connectivity index (χ2n) is 4.84. The van der Waals surface area contributed by atoms with Crippen molar-refractivity contribution in [3.8, 4) is 0 Å². The molecule has 21 heavy (non-hydrogen) atoms. The van der Waals surface area contributed by atoms with Gasteiger partial charge in [-0.15, -0.1) is 0 Å². The van der Waals surface area contributed by atoms with Crippen LogP contribution in [0.4, 0.5) is 0 Å². The molecule has 1 aliphatic rings. The van der Waals surface area contributed by atoms with Gasteiger partial charge in [-0.2, -0.15) is 5.10 Å². The topological polar surface area (TPSA) is 85.4 Å². The van der Waals surface area contributed by atoms with Crippen LogP contribution in [0.25, 0.3) is 11.2 Å². The molecule has 0 aliphatic carbocycles. The van der Waals surface area contributed by atoms with Gasteiger partial charge in [0.05, 0.1) is 37.8 Å². The summed E-state index contributed by atoms with van der Waals surface area (Å²) in [5.41, 5.74) is 2.55. The molecule has 1 fully saturated rings. The predicted molar refractivity (Wildman–Crippen MR) is 78.4 cm³/mol.